The second kappa shape index (κ2) is 7.49. The normalized spacial score (nSPS) is 15.7. The number of hydrogen-bond acceptors (Lipinski definition) is 6. The van der Waals surface area contributed by atoms with Crippen molar-refractivity contribution in [1.29, 1.82) is 5.26 Å². The molecule has 2 N–H and O–H groups in total. The molecule has 2 amide bonds. The summed E-state index contributed by atoms with van der Waals surface area (Å²) in [6.07, 6.45) is 1.78. The zero-order chi connectivity index (χ0) is 17.7. The predicted octanol–water partition coefficient (Wildman–Crippen LogP) is 1.12. The summed E-state index contributed by atoms with van der Waals surface area (Å²) < 4.78 is 10.2. The van der Waals surface area contributed by atoms with E-state index >= 15 is 0 Å². The third-order valence-corrected chi connectivity index (χ3v) is 4.01. The summed E-state index contributed by atoms with van der Waals surface area (Å²) >= 11 is 3.06. The molecule has 8 nitrogen and oxygen atoms in total. The van der Waals surface area contributed by atoms with Crippen molar-refractivity contribution in [2.24, 2.45) is 5.92 Å². The number of nitrogens with zero attached hydrogens (tertiary/aromatic N) is 1. The highest BCUT2D eigenvalue weighted by Crippen LogP contribution is 2.39. The maximum atomic E-state index is 11.8. The van der Waals surface area contributed by atoms with Gasteiger partial charge in [0.2, 0.25) is 0 Å². The lowest BCUT2D eigenvalue weighted by Gasteiger charge is -2.22. The molecule has 9 heteroatoms. The minimum absolute atomic E-state index is 0.0432. The number of ether oxygens (including phenoxy) is 1. The van der Waals surface area contributed by atoms with E-state index in [0.29, 0.717) is 4.67 Å². The van der Waals surface area contributed by atoms with Gasteiger partial charge in [-0.15, -0.1) is 0 Å². The fourth-order valence-electron chi connectivity index (χ4n) is 2.08. The molecule has 0 radical (unpaired) electrons. The molecule has 24 heavy (non-hydrogen) atoms. The van der Waals surface area contributed by atoms with Gasteiger partial charge in [0.1, 0.15) is 12.1 Å². The molecule has 1 aliphatic rings. The SMILES string of the molecule is C[C@@](C#N)(NC(=O)COC(=O)CNC(=O)c1ccc(Br)o1)C1CC1. The molecule has 0 saturated heterocycles. The molecule has 1 aromatic rings. The van der Waals surface area contributed by atoms with Crippen LogP contribution < -0.4 is 10.6 Å². The Balaban J connectivity index is 1.70. The van der Waals surface area contributed by atoms with Gasteiger partial charge in [-0.05, 0) is 53.7 Å². The number of carbonyl (C=O) groups is 3. The number of carbonyl (C=O) groups excluding carboxylic acids is 3. The van der Waals surface area contributed by atoms with Crippen molar-refractivity contribution >= 4 is 33.7 Å². The third-order valence-electron chi connectivity index (χ3n) is 3.58. The van der Waals surface area contributed by atoms with Crippen LogP contribution in [0.4, 0.5) is 0 Å². The largest absolute Gasteiger partial charge is 0.454 e. The Morgan fingerprint density at radius 2 is 2.17 bits per heavy atom. The molecule has 2 rings (SSSR count). The van der Waals surface area contributed by atoms with Gasteiger partial charge in [-0.25, -0.2) is 0 Å². The van der Waals surface area contributed by atoms with Gasteiger partial charge in [-0.3, -0.25) is 14.4 Å². The Labute approximate surface area is 146 Å². The molecule has 1 fully saturated rings. The van der Waals surface area contributed by atoms with Crippen LogP contribution in [0.3, 0.4) is 0 Å². The first-order valence-corrected chi connectivity index (χ1v) is 8.05. The van der Waals surface area contributed by atoms with Crippen LogP contribution in [0.15, 0.2) is 21.2 Å². The highest BCUT2D eigenvalue weighted by atomic mass is 79.9. The van der Waals surface area contributed by atoms with Gasteiger partial charge in [-0.1, -0.05) is 0 Å². The fraction of sp³-hybridized carbons (Fsp3) is 0.467. The summed E-state index contributed by atoms with van der Waals surface area (Å²) in [6.45, 7) is 0.736. The minimum atomic E-state index is -0.940. The molecular formula is C15H16BrN3O5. The van der Waals surface area contributed by atoms with Crippen LogP contribution in [-0.2, 0) is 14.3 Å². The van der Waals surface area contributed by atoms with E-state index in [1.165, 1.54) is 6.07 Å². The second-order valence-corrected chi connectivity index (χ2v) is 6.37. The van der Waals surface area contributed by atoms with Gasteiger partial charge >= 0.3 is 5.97 Å². The summed E-state index contributed by atoms with van der Waals surface area (Å²) in [6, 6.07) is 5.06. The summed E-state index contributed by atoms with van der Waals surface area (Å²) in [5.74, 6) is -1.72. The Morgan fingerprint density at radius 3 is 2.71 bits per heavy atom. The highest BCUT2D eigenvalue weighted by molar-refractivity contribution is 9.10. The van der Waals surface area contributed by atoms with Crippen molar-refractivity contribution in [3.63, 3.8) is 0 Å². The number of nitrogens with one attached hydrogen (secondary N) is 2. The molecule has 0 bridgehead atoms. The summed E-state index contributed by atoms with van der Waals surface area (Å²) in [7, 11) is 0. The van der Waals surface area contributed by atoms with E-state index in [1.54, 1.807) is 13.0 Å². The number of hydrogen-bond donors (Lipinski definition) is 2. The number of amides is 2. The zero-order valence-electron chi connectivity index (χ0n) is 12.9. The summed E-state index contributed by atoms with van der Waals surface area (Å²) in [5, 5.41) is 14.0. The van der Waals surface area contributed by atoms with E-state index in [0.717, 1.165) is 12.8 Å². The van der Waals surface area contributed by atoms with E-state index < -0.39 is 36.5 Å². The van der Waals surface area contributed by atoms with Crippen molar-refractivity contribution in [2.75, 3.05) is 13.2 Å². The van der Waals surface area contributed by atoms with Crippen LogP contribution in [0.25, 0.3) is 0 Å². The summed E-state index contributed by atoms with van der Waals surface area (Å²) in [5.41, 5.74) is -0.940. The minimum Gasteiger partial charge on any atom is -0.454 e. The van der Waals surface area contributed by atoms with E-state index in [2.05, 4.69) is 32.6 Å². The van der Waals surface area contributed by atoms with Crippen molar-refractivity contribution in [1.82, 2.24) is 10.6 Å². The highest BCUT2D eigenvalue weighted by Gasteiger charge is 2.43. The second-order valence-electron chi connectivity index (χ2n) is 5.58. The molecule has 1 saturated carbocycles. The molecule has 0 aromatic carbocycles. The van der Waals surface area contributed by atoms with Crippen molar-refractivity contribution in [3.05, 3.63) is 22.6 Å². The van der Waals surface area contributed by atoms with Gasteiger partial charge < -0.3 is 19.8 Å². The first-order valence-electron chi connectivity index (χ1n) is 7.25. The van der Waals surface area contributed by atoms with Gasteiger partial charge in [0.15, 0.2) is 17.0 Å². The lowest BCUT2D eigenvalue weighted by atomic mass is 9.98. The average molecular weight is 398 g/mol. The number of rotatable bonds is 7. The Morgan fingerprint density at radius 1 is 1.46 bits per heavy atom. The quantitative estimate of drug-likeness (QED) is 0.664. The Hall–Kier alpha value is -2.34. The van der Waals surface area contributed by atoms with Crippen LogP contribution in [-0.4, -0.2) is 36.5 Å². The van der Waals surface area contributed by atoms with Gasteiger partial charge in [0.05, 0.1) is 6.07 Å². The van der Waals surface area contributed by atoms with Crippen LogP contribution in [0.2, 0.25) is 0 Å². The van der Waals surface area contributed by atoms with Crippen LogP contribution in [0.5, 0.6) is 0 Å². The molecule has 1 aliphatic carbocycles. The smallest absolute Gasteiger partial charge is 0.325 e. The number of nitriles is 1. The van der Waals surface area contributed by atoms with E-state index in [9.17, 15) is 14.4 Å². The molecule has 1 atom stereocenters. The molecule has 1 aromatic heterocycles. The predicted molar refractivity (Wildman–Crippen MR) is 84.6 cm³/mol. The van der Waals surface area contributed by atoms with E-state index in [4.69, 9.17) is 14.4 Å². The standard InChI is InChI=1S/C15H16BrN3O5/c1-15(8-17,9-2-3-9)19-12(20)7-23-13(21)6-18-14(22)10-4-5-11(16)24-10/h4-5,9H,2-3,6-7H2,1H3,(H,18,22)(H,19,20)/t15-/m0/s1. The number of esters is 1. The third kappa shape index (κ3) is 4.83. The van der Waals surface area contributed by atoms with Crippen LogP contribution in [0.1, 0.15) is 30.3 Å². The van der Waals surface area contributed by atoms with Gasteiger partial charge in [-0.2, -0.15) is 5.26 Å². The molecule has 0 spiro atoms. The van der Waals surface area contributed by atoms with E-state index in [1.807, 2.05) is 0 Å². The van der Waals surface area contributed by atoms with Crippen molar-refractivity contribution in [2.45, 2.75) is 25.3 Å². The van der Waals surface area contributed by atoms with Gasteiger partial charge in [0.25, 0.3) is 11.8 Å². The first-order chi connectivity index (χ1) is 11.3. The topological polar surface area (TPSA) is 121 Å². The van der Waals surface area contributed by atoms with Crippen molar-refractivity contribution in [3.8, 4) is 6.07 Å². The molecule has 128 valence electrons. The molecule has 0 unspecified atom stereocenters. The maximum absolute atomic E-state index is 11.8. The molecule has 1 heterocycles. The van der Waals surface area contributed by atoms with E-state index in [-0.39, 0.29) is 11.7 Å². The number of halogens is 1. The fourth-order valence-corrected chi connectivity index (χ4v) is 2.39. The summed E-state index contributed by atoms with van der Waals surface area (Å²) in [4.78, 5) is 35.0. The first kappa shape index (κ1) is 18.0. The lowest BCUT2D eigenvalue weighted by Crippen LogP contribution is -2.48. The molecule has 0 aliphatic heterocycles. The monoisotopic (exact) mass is 397 g/mol. The van der Waals surface area contributed by atoms with Crippen LogP contribution >= 0.6 is 15.9 Å². The maximum Gasteiger partial charge on any atom is 0.325 e. The Bertz CT molecular complexity index is 692. The zero-order valence-corrected chi connectivity index (χ0v) is 14.5. The van der Waals surface area contributed by atoms with Crippen LogP contribution in [0, 0.1) is 17.2 Å². The molecular weight excluding hydrogens is 382 g/mol. The average Bonchev–Trinajstić information content (AvgIpc) is 3.33. The number of furan rings is 1. The van der Waals surface area contributed by atoms with Crippen molar-refractivity contribution < 1.29 is 23.5 Å². The van der Waals surface area contributed by atoms with Gasteiger partial charge in [0, 0.05) is 0 Å². The lowest BCUT2D eigenvalue weighted by molar-refractivity contribution is -0.147. The Kier molecular flexibility index (Phi) is 5.62.